The van der Waals surface area contributed by atoms with Gasteiger partial charge >= 0.3 is 0 Å². The van der Waals surface area contributed by atoms with Crippen LogP contribution in [0, 0.1) is 5.82 Å². The molecule has 1 heterocycles. The molecule has 1 N–H and O–H groups in total. The minimum Gasteiger partial charge on any atom is -0.478 e. The Morgan fingerprint density at radius 3 is 2.31 bits per heavy atom. The van der Waals surface area contributed by atoms with Crippen LogP contribution in [0.5, 0.6) is 17.2 Å². The minimum absolute atomic E-state index is 0.236. The lowest BCUT2D eigenvalue weighted by Gasteiger charge is -2.25. The SMILES string of the molecule is CC(C)(Oc1ccc(F)cc1)C(=O)Nc1ccc(-c2ccc3c(c2)OCO3)cc1. The number of hydrogen-bond donors (Lipinski definition) is 1. The van der Waals surface area contributed by atoms with Crippen LogP contribution in [-0.2, 0) is 4.79 Å². The van der Waals surface area contributed by atoms with Gasteiger partial charge in [-0.15, -0.1) is 0 Å². The van der Waals surface area contributed by atoms with Crippen LogP contribution in [0.1, 0.15) is 13.8 Å². The van der Waals surface area contributed by atoms with E-state index in [1.807, 2.05) is 42.5 Å². The van der Waals surface area contributed by atoms with Crippen LogP contribution in [0.4, 0.5) is 10.1 Å². The van der Waals surface area contributed by atoms with Gasteiger partial charge in [0.15, 0.2) is 17.1 Å². The first-order valence-corrected chi connectivity index (χ1v) is 9.17. The summed E-state index contributed by atoms with van der Waals surface area (Å²) < 4.78 is 29.5. The predicted octanol–water partition coefficient (Wildman–Crippen LogP) is 5.02. The number of carbonyl (C=O) groups excluding carboxylic acids is 1. The number of fused-ring (bicyclic) bond motifs is 1. The molecule has 1 aliphatic rings. The van der Waals surface area contributed by atoms with Gasteiger partial charge in [0.25, 0.3) is 5.91 Å². The van der Waals surface area contributed by atoms with Gasteiger partial charge in [0, 0.05) is 5.69 Å². The summed E-state index contributed by atoms with van der Waals surface area (Å²) in [6, 6.07) is 18.8. The second kappa shape index (κ2) is 7.47. The minimum atomic E-state index is -1.13. The van der Waals surface area contributed by atoms with Gasteiger partial charge in [0.1, 0.15) is 11.6 Å². The molecule has 0 spiro atoms. The lowest BCUT2D eigenvalue weighted by atomic mass is 10.0. The van der Waals surface area contributed by atoms with Gasteiger partial charge in [0.2, 0.25) is 6.79 Å². The Labute approximate surface area is 168 Å². The Kier molecular flexibility index (Phi) is 4.84. The number of hydrogen-bond acceptors (Lipinski definition) is 4. The lowest BCUT2D eigenvalue weighted by Crippen LogP contribution is -2.42. The maximum Gasteiger partial charge on any atom is 0.267 e. The maximum absolute atomic E-state index is 13.0. The van der Waals surface area contributed by atoms with Crippen LogP contribution >= 0.6 is 0 Å². The molecule has 0 saturated carbocycles. The highest BCUT2D eigenvalue weighted by Gasteiger charge is 2.30. The molecule has 29 heavy (non-hydrogen) atoms. The molecular formula is C23H20FNO4. The van der Waals surface area contributed by atoms with Crippen LogP contribution < -0.4 is 19.5 Å². The Bertz CT molecular complexity index is 1030. The first-order chi connectivity index (χ1) is 13.9. The van der Waals surface area contributed by atoms with Crippen molar-refractivity contribution in [1.29, 1.82) is 0 Å². The van der Waals surface area contributed by atoms with Crippen LogP contribution in [-0.4, -0.2) is 18.3 Å². The van der Waals surface area contributed by atoms with Crippen LogP contribution in [0.15, 0.2) is 66.7 Å². The van der Waals surface area contributed by atoms with E-state index in [0.29, 0.717) is 11.4 Å². The molecule has 1 amide bonds. The van der Waals surface area contributed by atoms with Crippen molar-refractivity contribution >= 4 is 11.6 Å². The van der Waals surface area contributed by atoms with Gasteiger partial charge < -0.3 is 19.5 Å². The molecule has 0 bridgehead atoms. The Morgan fingerprint density at radius 1 is 0.931 bits per heavy atom. The van der Waals surface area contributed by atoms with E-state index in [-0.39, 0.29) is 18.5 Å². The zero-order valence-corrected chi connectivity index (χ0v) is 16.1. The standard InChI is InChI=1S/C23H20FNO4/c1-23(2,29-19-10-6-17(24)7-11-19)22(26)25-18-8-3-15(4-9-18)16-5-12-20-21(13-16)28-14-27-20/h3-13H,14H2,1-2H3,(H,25,26). The normalized spacial score (nSPS) is 12.5. The molecule has 148 valence electrons. The number of ether oxygens (including phenoxy) is 3. The molecule has 0 radical (unpaired) electrons. The van der Waals surface area contributed by atoms with Gasteiger partial charge in [-0.1, -0.05) is 18.2 Å². The van der Waals surface area contributed by atoms with Crippen molar-refractivity contribution in [1.82, 2.24) is 0 Å². The largest absolute Gasteiger partial charge is 0.478 e. The molecule has 6 heteroatoms. The zero-order chi connectivity index (χ0) is 20.4. The molecule has 0 aliphatic carbocycles. The molecule has 4 rings (SSSR count). The molecule has 0 unspecified atom stereocenters. The van der Waals surface area contributed by atoms with E-state index in [4.69, 9.17) is 14.2 Å². The van der Waals surface area contributed by atoms with E-state index in [2.05, 4.69) is 5.32 Å². The van der Waals surface area contributed by atoms with Gasteiger partial charge in [-0.2, -0.15) is 0 Å². The summed E-state index contributed by atoms with van der Waals surface area (Å²) in [5.41, 5.74) is 1.50. The predicted molar refractivity (Wildman–Crippen MR) is 108 cm³/mol. The highest BCUT2D eigenvalue weighted by Crippen LogP contribution is 2.36. The molecule has 0 fully saturated rings. The van der Waals surface area contributed by atoms with Gasteiger partial charge in [0.05, 0.1) is 0 Å². The summed E-state index contributed by atoms with van der Waals surface area (Å²) in [6.45, 7) is 3.55. The van der Waals surface area contributed by atoms with Crippen molar-refractivity contribution in [3.8, 4) is 28.4 Å². The smallest absolute Gasteiger partial charge is 0.267 e. The van der Waals surface area contributed by atoms with Crippen molar-refractivity contribution in [2.75, 3.05) is 12.1 Å². The number of carbonyl (C=O) groups is 1. The highest BCUT2D eigenvalue weighted by molar-refractivity contribution is 5.97. The average Bonchev–Trinajstić information content (AvgIpc) is 3.18. The summed E-state index contributed by atoms with van der Waals surface area (Å²) in [7, 11) is 0. The molecule has 5 nitrogen and oxygen atoms in total. The van der Waals surface area contributed by atoms with E-state index in [1.54, 1.807) is 13.8 Å². The Hall–Kier alpha value is -3.54. The van der Waals surface area contributed by atoms with Crippen molar-refractivity contribution in [2.24, 2.45) is 0 Å². The van der Waals surface area contributed by atoms with E-state index < -0.39 is 5.60 Å². The summed E-state index contributed by atoms with van der Waals surface area (Å²) in [4.78, 5) is 12.6. The quantitative estimate of drug-likeness (QED) is 0.662. The Balaban J connectivity index is 1.43. The molecule has 0 saturated heterocycles. The second-order valence-electron chi connectivity index (χ2n) is 7.17. The highest BCUT2D eigenvalue weighted by atomic mass is 19.1. The van der Waals surface area contributed by atoms with Crippen LogP contribution in [0.2, 0.25) is 0 Å². The van der Waals surface area contributed by atoms with Gasteiger partial charge in [-0.3, -0.25) is 4.79 Å². The maximum atomic E-state index is 13.0. The second-order valence-corrected chi connectivity index (χ2v) is 7.17. The zero-order valence-electron chi connectivity index (χ0n) is 16.1. The molecular weight excluding hydrogens is 373 g/mol. The lowest BCUT2D eigenvalue weighted by molar-refractivity contribution is -0.128. The number of amides is 1. The average molecular weight is 393 g/mol. The molecule has 1 aliphatic heterocycles. The van der Waals surface area contributed by atoms with Crippen molar-refractivity contribution in [3.63, 3.8) is 0 Å². The van der Waals surface area contributed by atoms with Crippen molar-refractivity contribution in [2.45, 2.75) is 19.4 Å². The summed E-state index contributed by atoms with van der Waals surface area (Å²) in [5.74, 6) is 1.21. The third-order valence-corrected chi connectivity index (χ3v) is 4.58. The number of halogens is 1. The molecule has 3 aromatic carbocycles. The summed E-state index contributed by atoms with van der Waals surface area (Å²) in [5, 5.41) is 2.85. The fraction of sp³-hybridized carbons (Fsp3) is 0.174. The Morgan fingerprint density at radius 2 is 1.59 bits per heavy atom. The molecule has 0 aromatic heterocycles. The first-order valence-electron chi connectivity index (χ1n) is 9.17. The first kappa shape index (κ1) is 18.8. The summed E-state index contributed by atoms with van der Waals surface area (Å²) >= 11 is 0. The molecule has 3 aromatic rings. The fourth-order valence-electron chi connectivity index (χ4n) is 2.95. The van der Waals surface area contributed by atoms with Gasteiger partial charge in [-0.25, -0.2) is 4.39 Å². The van der Waals surface area contributed by atoms with E-state index in [0.717, 1.165) is 22.6 Å². The fourth-order valence-corrected chi connectivity index (χ4v) is 2.95. The van der Waals surface area contributed by atoms with Crippen LogP contribution in [0.3, 0.4) is 0 Å². The van der Waals surface area contributed by atoms with Crippen molar-refractivity contribution in [3.05, 3.63) is 72.5 Å². The van der Waals surface area contributed by atoms with E-state index in [9.17, 15) is 9.18 Å². The third-order valence-electron chi connectivity index (χ3n) is 4.58. The van der Waals surface area contributed by atoms with Gasteiger partial charge in [-0.05, 0) is 73.5 Å². The van der Waals surface area contributed by atoms with E-state index in [1.165, 1.54) is 24.3 Å². The third kappa shape index (κ3) is 4.16. The number of nitrogens with one attached hydrogen (secondary N) is 1. The van der Waals surface area contributed by atoms with Crippen LogP contribution in [0.25, 0.3) is 11.1 Å². The van der Waals surface area contributed by atoms with E-state index >= 15 is 0 Å². The number of benzene rings is 3. The monoisotopic (exact) mass is 393 g/mol. The topological polar surface area (TPSA) is 56.8 Å². The van der Waals surface area contributed by atoms with Crippen molar-refractivity contribution < 1.29 is 23.4 Å². The number of rotatable bonds is 5. The summed E-state index contributed by atoms with van der Waals surface area (Å²) in [6.07, 6.45) is 0. The number of anilines is 1. The molecule has 0 atom stereocenters.